The molecule has 0 radical (unpaired) electrons. The Morgan fingerprint density at radius 2 is 1.93 bits per heavy atom. The Balaban J connectivity index is 1.45. The van der Waals surface area contributed by atoms with E-state index in [9.17, 15) is 14.4 Å². The molecule has 0 N–H and O–H groups in total. The number of hydrogen-bond donors (Lipinski definition) is 0. The zero-order valence-corrected chi connectivity index (χ0v) is 16.2. The molecule has 2 heterocycles. The SMILES string of the molecule is CCOC(=O)C1CCN(C(=O)COC(=O)Cc2coc3cc(C)ccc23)CC1. The first kappa shape index (κ1) is 19.9. The maximum Gasteiger partial charge on any atom is 0.310 e. The van der Waals surface area contributed by atoms with Crippen LogP contribution in [0.25, 0.3) is 11.0 Å². The van der Waals surface area contributed by atoms with Crippen LogP contribution in [0.15, 0.2) is 28.9 Å². The normalized spacial score (nSPS) is 14.9. The number of hydrogen-bond acceptors (Lipinski definition) is 6. The van der Waals surface area contributed by atoms with E-state index in [-0.39, 0.29) is 30.8 Å². The van der Waals surface area contributed by atoms with Crippen molar-refractivity contribution in [3.63, 3.8) is 0 Å². The number of aryl methyl sites for hydroxylation is 1. The summed E-state index contributed by atoms with van der Waals surface area (Å²) in [6, 6.07) is 5.78. The van der Waals surface area contributed by atoms with Crippen molar-refractivity contribution in [1.29, 1.82) is 0 Å². The zero-order chi connectivity index (χ0) is 20.1. The van der Waals surface area contributed by atoms with Crippen molar-refractivity contribution >= 4 is 28.8 Å². The van der Waals surface area contributed by atoms with Gasteiger partial charge < -0.3 is 18.8 Å². The predicted octanol–water partition coefficient (Wildman–Crippen LogP) is 2.63. The van der Waals surface area contributed by atoms with Crippen LogP contribution in [0.4, 0.5) is 0 Å². The van der Waals surface area contributed by atoms with E-state index in [1.54, 1.807) is 18.1 Å². The van der Waals surface area contributed by atoms with Gasteiger partial charge in [-0.15, -0.1) is 0 Å². The van der Waals surface area contributed by atoms with Crippen LogP contribution in [-0.2, 0) is 30.3 Å². The molecule has 0 aliphatic carbocycles. The highest BCUT2D eigenvalue weighted by molar-refractivity contribution is 5.87. The maximum atomic E-state index is 12.3. The lowest BCUT2D eigenvalue weighted by Crippen LogP contribution is -2.42. The number of piperidine rings is 1. The third-order valence-corrected chi connectivity index (χ3v) is 4.97. The molecule has 0 unspecified atom stereocenters. The third-order valence-electron chi connectivity index (χ3n) is 4.97. The Morgan fingerprint density at radius 3 is 2.64 bits per heavy atom. The summed E-state index contributed by atoms with van der Waals surface area (Å²) >= 11 is 0. The number of fused-ring (bicyclic) bond motifs is 1. The van der Waals surface area contributed by atoms with Gasteiger partial charge in [-0.3, -0.25) is 14.4 Å². The molecule has 28 heavy (non-hydrogen) atoms. The minimum atomic E-state index is -0.474. The number of amides is 1. The van der Waals surface area contributed by atoms with E-state index < -0.39 is 5.97 Å². The Labute approximate surface area is 163 Å². The Bertz CT molecular complexity index is 863. The first-order chi connectivity index (χ1) is 13.5. The minimum absolute atomic E-state index is 0.0499. The summed E-state index contributed by atoms with van der Waals surface area (Å²) in [6.07, 6.45) is 2.74. The van der Waals surface area contributed by atoms with Gasteiger partial charge in [0.15, 0.2) is 6.61 Å². The number of rotatable bonds is 6. The van der Waals surface area contributed by atoms with Gasteiger partial charge >= 0.3 is 11.9 Å². The standard InChI is InChI=1S/C21H25NO6/c1-3-26-21(25)15-6-8-22(9-7-15)19(23)13-28-20(24)11-16-12-27-18-10-14(2)4-5-17(16)18/h4-5,10,12,15H,3,6-9,11,13H2,1-2H3. The summed E-state index contributed by atoms with van der Waals surface area (Å²) in [5, 5.41) is 0.870. The quantitative estimate of drug-likeness (QED) is 0.709. The largest absolute Gasteiger partial charge is 0.466 e. The number of furan rings is 1. The predicted molar refractivity (Wildman–Crippen MR) is 102 cm³/mol. The highest BCUT2D eigenvalue weighted by atomic mass is 16.5. The second-order valence-electron chi connectivity index (χ2n) is 7.01. The smallest absolute Gasteiger partial charge is 0.310 e. The lowest BCUT2D eigenvalue weighted by Gasteiger charge is -2.30. The average molecular weight is 387 g/mol. The highest BCUT2D eigenvalue weighted by Crippen LogP contribution is 2.23. The minimum Gasteiger partial charge on any atom is -0.466 e. The van der Waals surface area contributed by atoms with Gasteiger partial charge in [-0.05, 0) is 38.3 Å². The van der Waals surface area contributed by atoms with Crippen LogP contribution in [0.5, 0.6) is 0 Å². The highest BCUT2D eigenvalue weighted by Gasteiger charge is 2.28. The van der Waals surface area contributed by atoms with E-state index in [0.717, 1.165) is 22.1 Å². The van der Waals surface area contributed by atoms with E-state index >= 15 is 0 Å². The van der Waals surface area contributed by atoms with Crippen LogP contribution in [0, 0.1) is 12.8 Å². The van der Waals surface area contributed by atoms with Crippen molar-refractivity contribution in [2.45, 2.75) is 33.1 Å². The molecule has 1 fully saturated rings. The summed E-state index contributed by atoms with van der Waals surface area (Å²) in [4.78, 5) is 37.8. The Morgan fingerprint density at radius 1 is 1.18 bits per heavy atom. The lowest BCUT2D eigenvalue weighted by atomic mass is 9.97. The van der Waals surface area contributed by atoms with E-state index in [0.29, 0.717) is 32.5 Å². The van der Waals surface area contributed by atoms with E-state index in [2.05, 4.69) is 0 Å². The molecule has 7 nitrogen and oxygen atoms in total. The second-order valence-corrected chi connectivity index (χ2v) is 7.01. The molecule has 2 aromatic rings. The van der Waals surface area contributed by atoms with E-state index in [1.165, 1.54) is 0 Å². The summed E-state index contributed by atoms with van der Waals surface area (Å²) in [5.74, 6) is -1.09. The fourth-order valence-corrected chi connectivity index (χ4v) is 3.39. The number of ether oxygens (including phenoxy) is 2. The van der Waals surface area contributed by atoms with Gasteiger partial charge in [0.05, 0.1) is 25.2 Å². The number of esters is 2. The molecule has 0 bridgehead atoms. The van der Waals surface area contributed by atoms with Crippen LogP contribution < -0.4 is 0 Å². The topological polar surface area (TPSA) is 86.0 Å². The molecule has 1 amide bonds. The number of nitrogens with zero attached hydrogens (tertiary/aromatic N) is 1. The van der Waals surface area contributed by atoms with Crippen molar-refractivity contribution in [3.05, 3.63) is 35.6 Å². The molecule has 0 saturated carbocycles. The molecule has 1 saturated heterocycles. The Kier molecular flexibility index (Phi) is 6.34. The molecule has 0 spiro atoms. The first-order valence-electron chi connectivity index (χ1n) is 9.54. The molecular formula is C21H25NO6. The van der Waals surface area contributed by atoms with E-state index in [1.807, 2.05) is 25.1 Å². The molecule has 1 aliphatic heterocycles. The third kappa shape index (κ3) is 4.71. The van der Waals surface area contributed by atoms with Gasteiger partial charge in [0, 0.05) is 24.0 Å². The summed E-state index contributed by atoms with van der Waals surface area (Å²) in [7, 11) is 0. The second kappa shape index (κ2) is 8.91. The molecule has 1 aromatic heterocycles. The van der Waals surface area contributed by atoms with Crippen molar-refractivity contribution < 1.29 is 28.3 Å². The lowest BCUT2D eigenvalue weighted by molar-refractivity contribution is -0.154. The van der Waals surface area contributed by atoms with Crippen molar-refractivity contribution in [2.24, 2.45) is 5.92 Å². The summed E-state index contributed by atoms with van der Waals surface area (Å²) in [6.45, 7) is 4.74. The van der Waals surface area contributed by atoms with Crippen LogP contribution >= 0.6 is 0 Å². The van der Waals surface area contributed by atoms with E-state index in [4.69, 9.17) is 13.9 Å². The average Bonchev–Trinajstić information content (AvgIpc) is 3.08. The fraction of sp³-hybridized carbons (Fsp3) is 0.476. The number of likely N-dealkylation sites (tertiary alicyclic amines) is 1. The molecule has 7 heteroatoms. The molecule has 1 aliphatic rings. The van der Waals surface area contributed by atoms with Gasteiger partial charge in [-0.25, -0.2) is 0 Å². The monoisotopic (exact) mass is 387 g/mol. The zero-order valence-electron chi connectivity index (χ0n) is 16.2. The number of benzene rings is 1. The van der Waals surface area contributed by atoms with Crippen molar-refractivity contribution in [2.75, 3.05) is 26.3 Å². The van der Waals surface area contributed by atoms with Gasteiger partial charge in [0.1, 0.15) is 5.58 Å². The first-order valence-corrected chi connectivity index (χ1v) is 9.54. The molecule has 1 aromatic carbocycles. The van der Waals surface area contributed by atoms with Crippen molar-refractivity contribution in [1.82, 2.24) is 4.90 Å². The van der Waals surface area contributed by atoms with Crippen molar-refractivity contribution in [3.8, 4) is 0 Å². The fourth-order valence-electron chi connectivity index (χ4n) is 3.39. The van der Waals surface area contributed by atoms with Gasteiger partial charge in [0.2, 0.25) is 0 Å². The molecule has 150 valence electrons. The Hall–Kier alpha value is -2.83. The van der Waals surface area contributed by atoms with Crippen LogP contribution in [-0.4, -0.2) is 49.0 Å². The molecular weight excluding hydrogens is 362 g/mol. The van der Waals surface area contributed by atoms with Crippen LogP contribution in [0.2, 0.25) is 0 Å². The number of carbonyl (C=O) groups excluding carboxylic acids is 3. The molecule has 0 atom stereocenters. The number of carbonyl (C=O) groups is 3. The van der Waals surface area contributed by atoms with Gasteiger partial charge in [-0.2, -0.15) is 0 Å². The maximum absolute atomic E-state index is 12.3. The molecule has 3 rings (SSSR count). The van der Waals surface area contributed by atoms with Crippen LogP contribution in [0.1, 0.15) is 30.9 Å². The summed E-state index contributed by atoms with van der Waals surface area (Å²) < 4.78 is 15.7. The van der Waals surface area contributed by atoms with Crippen LogP contribution in [0.3, 0.4) is 0 Å². The van der Waals surface area contributed by atoms with Gasteiger partial charge in [0.25, 0.3) is 5.91 Å². The summed E-state index contributed by atoms with van der Waals surface area (Å²) in [5.41, 5.74) is 2.54. The van der Waals surface area contributed by atoms with Gasteiger partial charge in [-0.1, -0.05) is 12.1 Å².